The monoisotopic (exact) mass is 1230 g/mol. The van der Waals surface area contributed by atoms with E-state index in [1.165, 1.54) is 12.4 Å². The van der Waals surface area contributed by atoms with Gasteiger partial charge in [-0.1, -0.05) is 116 Å². The summed E-state index contributed by atoms with van der Waals surface area (Å²) in [6.45, 7) is 15.1. The van der Waals surface area contributed by atoms with Crippen molar-refractivity contribution in [2.75, 3.05) is 37.9 Å². The minimum absolute atomic E-state index is 0.0199. The maximum atomic E-state index is 13.2. The molecule has 3 amide bonds. The van der Waals surface area contributed by atoms with E-state index in [2.05, 4.69) is 71.9 Å². The lowest BCUT2D eigenvalue weighted by Crippen LogP contribution is -2.36. The maximum Gasteiger partial charge on any atom is 0.255 e. The van der Waals surface area contributed by atoms with E-state index in [4.69, 9.17) is 81.2 Å². The number of rotatable bonds is 17. The number of hydrogen-bond acceptors (Lipinski definition) is 7. The summed E-state index contributed by atoms with van der Waals surface area (Å²) in [5.74, 6) is 0.421. The molecule has 21 heteroatoms. The van der Waals surface area contributed by atoms with Crippen molar-refractivity contribution < 1.29 is 19.2 Å². The summed E-state index contributed by atoms with van der Waals surface area (Å²) in [6, 6.07) is 24.1. The number of nitrogens with zero attached hydrogens (tertiary/aromatic N) is 5. The van der Waals surface area contributed by atoms with Gasteiger partial charge in [-0.15, -0.1) is 23.2 Å². The van der Waals surface area contributed by atoms with Crippen LogP contribution in [-0.4, -0.2) is 85.4 Å². The summed E-state index contributed by atoms with van der Waals surface area (Å²) in [5.41, 5.74) is 5.02. The minimum atomic E-state index is -0.572. The molecule has 3 N–H and O–H groups in total. The topological polar surface area (TPSA) is 143 Å². The average Bonchev–Trinajstić information content (AvgIpc) is 3.93. The van der Waals surface area contributed by atoms with E-state index in [1.54, 1.807) is 64.5 Å². The van der Waals surface area contributed by atoms with Crippen LogP contribution in [0.15, 0.2) is 106 Å². The molecular formula is C50H55Br2Cl7N8O4. The lowest BCUT2D eigenvalue weighted by atomic mass is 10.0. The molecule has 0 saturated carbocycles. The molecular weight excluding hydrogens is 1180 g/mol. The fourth-order valence-electron chi connectivity index (χ4n) is 6.73. The van der Waals surface area contributed by atoms with Crippen molar-refractivity contribution in [3.05, 3.63) is 160 Å². The zero-order chi connectivity index (χ0) is 52.8. The summed E-state index contributed by atoms with van der Waals surface area (Å²) < 4.78 is 4.93. The van der Waals surface area contributed by atoms with Crippen molar-refractivity contribution in [2.45, 2.75) is 66.5 Å². The molecule has 0 fully saturated rings. The van der Waals surface area contributed by atoms with Crippen LogP contribution in [0.3, 0.4) is 0 Å². The average molecular weight is 1240 g/mol. The Bertz CT molecular complexity index is 2700. The van der Waals surface area contributed by atoms with Gasteiger partial charge < -0.3 is 20.9 Å². The quantitative estimate of drug-likeness (QED) is 0.0609. The largest absolute Gasteiger partial charge is 0.345 e. The van der Waals surface area contributed by atoms with Crippen LogP contribution in [0.1, 0.15) is 95.9 Å². The molecule has 6 rings (SSSR count). The van der Waals surface area contributed by atoms with E-state index >= 15 is 0 Å². The number of alkyl halides is 2. The van der Waals surface area contributed by atoms with E-state index in [0.29, 0.717) is 78.8 Å². The third kappa shape index (κ3) is 19.3. The molecule has 0 bridgehead atoms. The third-order valence-electron chi connectivity index (χ3n) is 10.3. The Morgan fingerprint density at radius 1 is 0.606 bits per heavy atom. The molecule has 2 unspecified atom stereocenters. The Morgan fingerprint density at radius 2 is 1.01 bits per heavy atom. The van der Waals surface area contributed by atoms with Crippen LogP contribution in [0, 0.1) is 13.8 Å². The van der Waals surface area contributed by atoms with Crippen molar-refractivity contribution in [1.82, 2.24) is 40.4 Å². The van der Waals surface area contributed by atoms with E-state index in [0.717, 1.165) is 33.2 Å². The summed E-state index contributed by atoms with van der Waals surface area (Å²) in [7, 11) is 0. The van der Waals surface area contributed by atoms with Crippen molar-refractivity contribution in [3.8, 4) is 11.4 Å². The fraction of sp³-hybridized carbons (Fsp3) is 0.320. The first-order valence-electron chi connectivity index (χ1n) is 22.3. The highest BCUT2D eigenvalue weighted by molar-refractivity contribution is 9.10. The molecule has 382 valence electrons. The van der Waals surface area contributed by atoms with E-state index in [9.17, 15) is 19.2 Å². The fourth-order valence-corrected chi connectivity index (χ4v) is 8.31. The van der Waals surface area contributed by atoms with Crippen LogP contribution in [-0.2, 0) is 9.59 Å². The zero-order valence-electron chi connectivity index (χ0n) is 39.8. The first kappa shape index (κ1) is 61.6. The molecule has 0 radical (unpaired) electrons. The Labute approximate surface area is 467 Å². The lowest BCUT2D eigenvalue weighted by molar-refractivity contribution is -0.131. The van der Waals surface area contributed by atoms with Crippen molar-refractivity contribution >= 4 is 136 Å². The predicted octanol–water partition coefficient (Wildman–Crippen LogP) is 13.9. The molecule has 2 atom stereocenters. The zero-order valence-corrected chi connectivity index (χ0v) is 48.3. The van der Waals surface area contributed by atoms with Crippen LogP contribution >= 0.6 is 113 Å². The minimum Gasteiger partial charge on any atom is -0.345 e. The summed E-state index contributed by atoms with van der Waals surface area (Å²) >= 11 is 46.8. The number of nitrogens with one attached hydrogen (secondary N) is 3. The molecule has 2 aromatic heterocycles. The Hall–Kier alpha value is -3.67. The second kappa shape index (κ2) is 31.8. The molecule has 71 heavy (non-hydrogen) atoms. The van der Waals surface area contributed by atoms with Gasteiger partial charge >= 0.3 is 0 Å². The van der Waals surface area contributed by atoms with Gasteiger partial charge in [0.15, 0.2) is 0 Å². The first-order valence-corrected chi connectivity index (χ1v) is 26.8. The normalized spacial score (nSPS) is 11.4. The van der Waals surface area contributed by atoms with Crippen LogP contribution in [0.25, 0.3) is 11.4 Å². The summed E-state index contributed by atoms with van der Waals surface area (Å²) in [5, 5.41) is 18.8. The van der Waals surface area contributed by atoms with Crippen LogP contribution in [0.4, 0.5) is 0 Å². The summed E-state index contributed by atoms with van der Waals surface area (Å²) in [4.78, 5) is 52.2. The predicted molar refractivity (Wildman–Crippen MR) is 299 cm³/mol. The first-order chi connectivity index (χ1) is 33.8. The van der Waals surface area contributed by atoms with Gasteiger partial charge in [-0.2, -0.15) is 10.2 Å². The number of amides is 3. The molecule has 0 aliphatic carbocycles. The summed E-state index contributed by atoms with van der Waals surface area (Å²) in [6.07, 6.45) is 3.10. The van der Waals surface area contributed by atoms with Crippen LogP contribution in [0.2, 0.25) is 20.1 Å². The lowest BCUT2D eigenvalue weighted by Gasteiger charge is -2.24. The smallest absolute Gasteiger partial charge is 0.255 e. The molecule has 0 spiro atoms. The van der Waals surface area contributed by atoms with E-state index in [1.807, 2.05) is 62.4 Å². The number of carbonyl (C=O) groups is 4. The SMILES string of the molecule is CCN(CC)C(=O)CC(NC(=O)c1cnn(-c2ccc(Cl)c(Cl)c2)c1C)c1cccc(Br)c1.CCNCC.Cc1c(C(=O)NC(CC(=O)Cl)c2cccc(Br)c2)cnn1-c1ccc(Cl)c(Cl)c1.ClCCCl. The highest BCUT2D eigenvalue weighted by Gasteiger charge is 2.25. The van der Waals surface area contributed by atoms with Crippen molar-refractivity contribution in [3.63, 3.8) is 0 Å². The number of halogens is 9. The van der Waals surface area contributed by atoms with Gasteiger partial charge in [0.1, 0.15) is 0 Å². The molecule has 2 heterocycles. The number of carbonyl (C=O) groups excluding carboxylic acids is 4. The van der Waals surface area contributed by atoms with Gasteiger partial charge in [-0.05, 0) is 124 Å². The second-order valence-electron chi connectivity index (χ2n) is 15.1. The molecule has 0 aliphatic rings. The van der Waals surface area contributed by atoms with Gasteiger partial charge in [0.05, 0.1) is 84.9 Å². The van der Waals surface area contributed by atoms with Crippen molar-refractivity contribution in [1.29, 1.82) is 0 Å². The van der Waals surface area contributed by atoms with E-state index < -0.39 is 17.3 Å². The Balaban J connectivity index is 0.000000322. The highest BCUT2D eigenvalue weighted by Crippen LogP contribution is 2.29. The molecule has 12 nitrogen and oxygen atoms in total. The maximum absolute atomic E-state index is 13.2. The second-order valence-corrected chi connectivity index (χ2v) is 19.8. The Kier molecular flexibility index (Phi) is 27.6. The molecule has 6 aromatic rings. The number of aromatic nitrogens is 4. The molecule has 4 aromatic carbocycles. The number of hydrogen-bond donors (Lipinski definition) is 3. The molecule has 0 aliphatic heterocycles. The van der Waals surface area contributed by atoms with Crippen LogP contribution < -0.4 is 16.0 Å². The van der Waals surface area contributed by atoms with Gasteiger partial charge in [-0.25, -0.2) is 9.36 Å². The van der Waals surface area contributed by atoms with E-state index in [-0.39, 0.29) is 30.6 Å². The molecule has 0 saturated heterocycles. The van der Waals surface area contributed by atoms with Crippen LogP contribution in [0.5, 0.6) is 0 Å². The van der Waals surface area contributed by atoms with Gasteiger partial charge in [-0.3, -0.25) is 19.2 Å². The van der Waals surface area contributed by atoms with Gasteiger partial charge in [0, 0.05) is 40.2 Å². The Morgan fingerprint density at radius 3 is 1.34 bits per heavy atom. The van der Waals surface area contributed by atoms with Gasteiger partial charge in [0.2, 0.25) is 11.1 Å². The van der Waals surface area contributed by atoms with Gasteiger partial charge in [0.25, 0.3) is 11.8 Å². The third-order valence-corrected chi connectivity index (χ3v) is 13.5. The highest BCUT2D eigenvalue weighted by atomic mass is 79.9. The number of benzene rings is 4. The standard InChI is InChI=1S/C24H25BrCl2N4O2.C20H15BrCl3N3O2.C4H11N.C2H4Cl2/c1-4-30(5-2)23(32)13-22(16-7-6-8-17(25)11-16)29-24(33)19-14-28-31(15(19)3)18-9-10-20(26)21(27)12-18;1-11-15(10-25-27(11)14-5-6-16(22)17(23)8-14)20(29)26-18(9-19(24)28)12-3-2-4-13(21)7-12;1-3-5-4-2;3-1-2-4/h6-12,14,22H,4-5,13H2,1-3H3,(H,29,33);2-8,10,18H,9H2,1H3,(H,26,29);5H,3-4H2,1-2H3;1-2H2. The van der Waals surface area contributed by atoms with Crippen molar-refractivity contribution in [2.24, 2.45) is 0 Å².